The maximum Gasteiger partial charge on any atom is 0.318 e. The van der Waals surface area contributed by atoms with Crippen LogP contribution in [0.5, 0.6) is 0 Å². The number of urea groups is 1. The first kappa shape index (κ1) is 26.5. The molecule has 0 radical (unpaired) electrons. The van der Waals surface area contributed by atoms with Crippen molar-refractivity contribution in [2.75, 3.05) is 13.2 Å². The van der Waals surface area contributed by atoms with Gasteiger partial charge in [0, 0.05) is 30.8 Å². The van der Waals surface area contributed by atoms with Crippen LogP contribution in [0.4, 0.5) is 4.79 Å². The van der Waals surface area contributed by atoms with Crippen LogP contribution in [0.1, 0.15) is 51.8 Å². The van der Waals surface area contributed by atoms with E-state index in [4.69, 9.17) is 16.3 Å². The van der Waals surface area contributed by atoms with Crippen LogP contribution in [0, 0.1) is 5.92 Å². The highest BCUT2D eigenvalue weighted by Gasteiger charge is 2.28. The summed E-state index contributed by atoms with van der Waals surface area (Å²) in [4.78, 5) is 19.0. The minimum Gasteiger partial charge on any atom is -0.376 e. The first-order chi connectivity index (χ1) is 16.0. The molecular weight excluding hydrogens is 476 g/mol. The molecule has 1 saturated heterocycles. The summed E-state index contributed by atoms with van der Waals surface area (Å²) in [5, 5.41) is 3.44. The maximum atomic E-state index is 13.3. The van der Waals surface area contributed by atoms with Gasteiger partial charge in [0.25, 0.3) is 0 Å². The zero-order valence-electron chi connectivity index (χ0n) is 20.3. The maximum absolute atomic E-state index is 13.3. The number of benzene rings is 1. The quantitative estimate of drug-likeness (QED) is 0.515. The number of carbonyl (C=O) groups excluding carboxylic acids is 1. The number of hydrogen-bond acceptors (Lipinski definition) is 5. The molecular formula is C24H35ClN4O4S. The standard InChI is InChI=1S/C24H35ClN4O4S/c1-17(2)13-29-21(14-28(23(30)27-18(3)4)15-22-9-6-10-33-22)12-26-24(29)34(31,32)16-19-7-5-8-20(25)11-19/h5,7-8,11-12,17-18,22H,6,9-10,13-16H2,1-4H3,(H,27,30)/t22-/m1/s1. The Morgan fingerprint density at radius 1 is 1.32 bits per heavy atom. The zero-order valence-corrected chi connectivity index (χ0v) is 21.9. The number of hydrogen-bond donors (Lipinski definition) is 1. The molecule has 34 heavy (non-hydrogen) atoms. The molecule has 2 heterocycles. The second kappa shape index (κ2) is 11.6. The van der Waals surface area contributed by atoms with Gasteiger partial charge in [-0.05, 0) is 50.3 Å². The Bertz CT molecular complexity index is 1080. The molecule has 10 heteroatoms. The van der Waals surface area contributed by atoms with E-state index in [1.54, 1.807) is 39.9 Å². The van der Waals surface area contributed by atoms with Crippen LogP contribution in [0.15, 0.2) is 35.6 Å². The number of sulfone groups is 1. The fourth-order valence-electron chi connectivity index (χ4n) is 4.02. The van der Waals surface area contributed by atoms with Crippen molar-refractivity contribution in [1.29, 1.82) is 0 Å². The van der Waals surface area contributed by atoms with Crippen molar-refractivity contribution in [2.24, 2.45) is 5.92 Å². The molecule has 0 unspecified atom stereocenters. The Balaban J connectivity index is 1.90. The third-order valence-corrected chi connectivity index (χ3v) is 7.30. The van der Waals surface area contributed by atoms with Crippen molar-refractivity contribution in [3.8, 4) is 0 Å². The molecule has 1 atom stereocenters. The van der Waals surface area contributed by atoms with Gasteiger partial charge >= 0.3 is 6.03 Å². The predicted molar refractivity (Wildman–Crippen MR) is 132 cm³/mol. The molecule has 2 amide bonds. The van der Waals surface area contributed by atoms with Crippen LogP contribution in [0.25, 0.3) is 0 Å². The Morgan fingerprint density at radius 2 is 2.09 bits per heavy atom. The summed E-state index contributed by atoms with van der Waals surface area (Å²) < 4.78 is 34.2. The topological polar surface area (TPSA) is 93.5 Å². The van der Waals surface area contributed by atoms with Crippen LogP contribution in [0.3, 0.4) is 0 Å². The van der Waals surface area contributed by atoms with E-state index in [1.165, 1.54) is 0 Å². The average Bonchev–Trinajstić information content (AvgIpc) is 3.37. The number of halogens is 1. The lowest BCUT2D eigenvalue weighted by Crippen LogP contribution is -2.45. The smallest absolute Gasteiger partial charge is 0.318 e. The van der Waals surface area contributed by atoms with Crippen LogP contribution >= 0.6 is 11.6 Å². The van der Waals surface area contributed by atoms with Gasteiger partial charge in [-0.25, -0.2) is 18.2 Å². The third-order valence-electron chi connectivity index (χ3n) is 5.47. The molecule has 3 rings (SSSR count). The molecule has 1 N–H and O–H groups in total. The third kappa shape index (κ3) is 7.20. The Morgan fingerprint density at radius 3 is 2.71 bits per heavy atom. The van der Waals surface area contributed by atoms with Gasteiger partial charge in [0.1, 0.15) is 0 Å². The minimum absolute atomic E-state index is 0.0116. The summed E-state index contributed by atoms with van der Waals surface area (Å²) in [5.74, 6) is -0.0144. The van der Waals surface area contributed by atoms with E-state index in [2.05, 4.69) is 10.3 Å². The first-order valence-corrected chi connectivity index (χ1v) is 13.8. The fourth-order valence-corrected chi connectivity index (χ4v) is 5.73. The van der Waals surface area contributed by atoms with Gasteiger partial charge in [-0.15, -0.1) is 0 Å². The minimum atomic E-state index is -3.73. The number of nitrogens with one attached hydrogen (secondary N) is 1. The highest BCUT2D eigenvalue weighted by Crippen LogP contribution is 2.22. The van der Waals surface area contributed by atoms with Crippen molar-refractivity contribution < 1.29 is 17.9 Å². The molecule has 0 aliphatic carbocycles. The second-order valence-electron chi connectivity index (χ2n) is 9.55. The summed E-state index contributed by atoms with van der Waals surface area (Å²) >= 11 is 6.05. The SMILES string of the molecule is CC(C)Cn1c(CN(C[C@H]2CCCO2)C(=O)NC(C)C)cnc1S(=O)(=O)Cc1cccc(Cl)c1. The van der Waals surface area contributed by atoms with E-state index in [9.17, 15) is 13.2 Å². The van der Waals surface area contributed by atoms with Crippen molar-refractivity contribution >= 4 is 27.5 Å². The summed E-state index contributed by atoms with van der Waals surface area (Å²) in [6, 6.07) is 6.60. The number of imidazole rings is 1. The highest BCUT2D eigenvalue weighted by atomic mass is 35.5. The largest absolute Gasteiger partial charge is 0.376 e. The number of carbonyl (C=O) groups is 1. The molecule has 2 aromatic rings. The lowest BCUT2D eigenvalue weighted by Gasteiger charge is -2.27. The van der Waals surface area contributed by atoms with E-state index in [1.807, 2.05) is 27.7 Å². The molecule has 1 aliphatic rings. The van der Waals surface area contributed by atoms with Gasteiger partial charge in [-0.1, -0.05) is 37.6 Å². The normalized spacial score (nSPS) is 16.4. The van der Waals surface area contributed by atoms with Gasteiger partial charge < -0.3 is 19.5 Å². The number of rotatable bonds is 10. The second-order valence-corrected chi connectivity index (χ2v) is 11.9. The van der Waals surface area contributed by atoms with Gasteiger partial charge in [0.05, 0.1) is 30.3 Å². The van der Waals surface area contributed by atoms with Gasteiger partial charge in [-0.2, -0.15) is 0 Å². The van der Waals surface area contributed by atoms with Crippen LogP contribution in [-0.2, 0) is 33.4 Å². The lowest BCUT2D eigenvalue weighted by molar-refractivity contribution is 0.0784. The molecule has 188 valence electrons. The fraction of sp³-hybridized carbons (Fsp3) is 0.583. The van der Waals surface area contributed by atoms with Crippen LogP contribution in [0.2, 0.25) is 5.02 Å². The Kier molecular flexibility index (Phi) is 9.01. The average molecular weight is 511 g/mol. The zero-order chi connectivity index (χ0) is 24.9. The lowest BCUT2D eigenvalue weighted by atomic mass is 10.2. The molecule has 0 bridgehead atoms. The number of aromatic nitrogens is 2. The van der Waals surface area contributed by atoms with E-state index < -0.39 is 9.84 Å². The molecule has 1 aromatic heterocycles. The number of ether oxygens (including phenoxy) is 1. The van der Waals surface area contributed by atoms with E-state index >= 15 is 0 Å². The van der Waals surface area contributed by atoms with Crippen LogP contribution < -0.4 is 5.32 Å². The Labute approximate surface area is 207 Å². The molecule has 1 aromatic carbocycles. The Hall–Kier alpha value is -2.10. The summed E-state index contributed by atoms with van der Waals surface area (Å²) in [6.45, 7) is 9.71. The molecule has 8 nitrogen and oxygen atoms in total. The molecule has 0 saturated carbocycles. The van der Waals surface area contributed by atoms with Crippen molar-refractivity contribution in [3.05, 3.63) is 46.7 Å². The number of nitrogens with zero attached hydrogens (tertiary/aromatic N) is 3. The molecule has 1 aliphatic heterocycles. The van der Waals surface area contributed by atoms with E-state index in [0.717, 1.165) is 12.8 Å². The first-order valence-electron chi connectivity index (χ1n) is 11.7. The van der Waals surface area contributed by atoms with Gasteiger partial charge in [0.2, 0.25) is 15.0 Å². The van der Waals surface area contributed by atoms with Gasteiger partial charge in [0.15, 0.2) is 0 Å². The summed E-state index contributed by atoms with van der Waals surface area (Å²) in [7, 11) is -3.73. The van der Waals surface area contributed by atoms with Crippen molar-refractivity contribution in [1.82, 2.24) is 19.8 Å². The molecule has 0 spiro atoms. The summed E-state index contributed by atoms with van der Waals surface area (Å²) in [5.41, 5.74) is 1.28. The summed E-state index contributed by atoms with van der Waals surface area (Å²) in [6.07, 6.45) is 3.42. The number of amides is 2. The monoisotopic (exact) mass is 510 g/mol. The molecule has 1 fully saturated rings. The van der Waals surface area contributed by atoms with Crippen LogP contribution in [-0.4, -0.2) is 54.2 Å². The van der Waals surface area contributed by atoms with E-state index in [-0.39, 0.29) is 41.5 Å². The van der Waals surface area contributed by atoms with E-state index in [0.29, 0.717) is 36.0 Å². The highest BCUT2D eigenvalue weighted by molar-refractivity contribution is 7.90. The van der Waals surface area contributed by atoms with Crippen molar-refractivity contribution in [3.63, 3.8) is 0 Å². The predicted octanol–water partition coefficient (Wildman–Crippen LogP) is 4.27. The van der Waals surface area contributed by atoms with Gasteiger partial charge in [-0.3, -0.25) is 0 Å². The van der Waals surface area contributed by atoms with Crippen molar-refractivity contribution in [2.45, 2.75) is 76.7 Å².